The summed E-state index contributed by atoms with van der Waals surface area (Å²) in [5.74, 6) is 0.421. The van der Waals surface area contributed by atoms with E-state index in [-0.39, 0.29) is 18.7 Å². The van der Waals surface area contributed by atoms with Gasteiger partial charge in [-0.15, -0.1) is 0 Å². The van der Waals surface area contributed by atoms with Crippen molar-refractivity contribution in [3.05, 3.63) is 34.3 Å². The molecule has 0 radical (unpaired) electrons. The van der Waals surface area contributed by atoms with Crippen LogP contribution >= 0.6 is 11.6 Å². The van der Waals surface area contributed by atoms with Crippen molar-refractivity contribution in [3.8, 4) is 0 Å². The molecule has 2 aliphatic rings. The van der Waals surface area contributed by atoms with Gasteiger partial charge in [0.05, 0.1) is 0 Å². The fraction of sp³-hybridized carbons (Fsp3) is 0.588. The maximum atomic E-state index is 12.5. The third kappa shape index (κ3) is 3.39. The molecule has 2 N–H and O–H groups in total. The summed E-state index contributed by atoms with van der Waals surface area (Å²) in [5, 5.41) is 13.1. The van der Waals surface area contributed by atoms with Crippen LogP contribution < -0.4 is 5.32 Å². The molecule has 0 spiro atoms. The lowest BCUT2D eigenvalue weighted by molar-refractivity contribution is 0.181. The number of fused-ring (bicyclic) bond motifs is 1. The molecule has 2 atom stereocenters. The van der Waals surface area contributed by atoms with Gasteiger partial charge in [-0.25, -0.2) is 4.79 Å². The van der Waals surface area contributed by atoms with Crippen molar-refractivity contribution in [3.63, 3.8) is 0 Å². The van der Waals surface area contributed by atoms with Crippen molar-refractivity contribution in [2.45, 2.75) is 44.7 Å². The standard InChI is InChI=1S/C17H23ClN2O2/c18-15-5-4-14-11-20(8-6-13(14)10-15)17(22)19-16-3-1-2-12(16)7-9-21/h4-5,10,12,16,21H,1-3,6-9,11H2,(H,19,22)/t12-,16-/m1/s1. The summed E-state index contributed by atoms with van der Waals surface area (Å²) in [6, 6.07) is 6.14. The van der Waals surface area contributed by atoms with Crippen LogP contribution in [0.2, 0.25) is 5.02 Å². The first-order valence-corrected chi connectivity index (χ1v) is 8.49. The average Bonchev–Trinajstić information content (AvgIpc) is 2.94. The Morgan fingerprint density at radius 1 is 1.36 bits per heavy atom. The van der Waals surface area contributed by atoms with Gasteiger partial charge in [0.1, 0.15) is 0 Å². The Bertz CT molecular complexity index is 549. The van der Waals surface area contributed by atoms with Crippen LogP contribution in [0, 0.1) is 5.92 Å². The van der Waals surface area contributed by atoms with E-state index in [1.807, 2.05) is 23.1 Å². The monoisotopic (exact) mass is 322 g/mol. The van der Waals surface area contributed by atoms with Crippen LogP contribution in [0.15, 0.2) is 18.2 Å². The number of hydrogen-bond acceptors (Lipinski definition) is 2. The number of aliphatic hydroxyl groups is 1. The van der Waals surface area contributed by atoms with E-state index < -0.39 is 0 Å². The molecule has 1 aromatic carbocycles. The third-order valence-electron chi connectivity index (χ3n) is 4.94. The molecule has 3 rings (SSSR count). The topological polar surface area (TPSA) is 52.6 Å². The van der Waals surface area contributed by atoms with Crippen LogP contribution in [0.1, 0.15) is 36.8 Å². The Labute approximate surface area is 136 Å². The van der Waals surface area contributed by atoms with Gasteiger partial charge in [0.2, 0.25) is 0 Å². The average molecular weight is 323 g/mol. The minimum Gasteiger partial charge on any atom is -0.396 e. The Morgan fingerprint density at radius 2 is 2.23 bits per heavy atom. The zero-order valence-electron chi connectivity index (χ0n) is 12.7. The van der Waals surface area contributed by atoms with Gasteiger partial charge in [0, 0.05) is 30.8 Å². The Balaban J connectivity index is 1.60. The molecule has 120 valence electrons. The maximum Gasteiger partial charge on any atom is 0.317 e. The lowest BCUT2D eigenvalue weighted by Gasteiger charge is -2.31. The van der Waals surface area contributed by atoms with Gasteiger partial charge in [-0.1, -0.05) is 24.1 Å². The molecule has 1 fully saturated rings. The van der Waals surface area contributed by atoms with Gasteiger partial charge in [-0.05, 0) is 54.9 Å². The first kappa shape index (κ1) is 15.6. The van der Waals surface area contributed by atoms with Gasteiger partial charge in [0.25, 0.3) is 0 Å². The third-order valence-corrected chi connectivity index (χ3v) is 5.17. The van der Waals surface area contributed by atoms with Crippen LogP contribution in [0.3, 0.4) is 0 Å². The lowest BCUT2D eigenvalue weighted by atomic mass is 9.99. The van der Waals surface area contributed by atoms with Crippen molar-refractivity contribution in [2.24, 2.45) is 5.92 Å². The summed E-state index contributed by atoms with van der Waals surface area (Å²) in [5.41, 5.74) is 2.43. The summed E-state index contributed by atoms with van der Waals surface area (Å²) in [4.78, 5) is 14.4. The van der Waals surface area contributed by atoms with Crippen LogP contribution in [0.5, 0.6) is 0 Å². The summed E-state index contributed by atoms with van der Waals surface area (Å²) >= 11 is 6.02. The highest BCUT2D eigenvalue weighted by atomic mass is 35.5. The highest BCUT2D eigenvalue weighted by Crippen LogP contribution is 2.29. The number of amides is 2. The van der Waals surface area contributed by atoms with Crippen LogP contribution in [-0.4, -0.2) is 35.2 Å². The molecular weight excluding hydrogens is 300 g/mol. The Hall–Kier alpha value is -1.26. The van der Waals surface area contributed by atoms with E-state index in [0.29, 0.717) is 12.5 Å². The molecule has 0 saturated heterocycles. The molecule has 0 unspecified atom stereocenters. The van der Waals surface area contributed by atoms with Crippen LogP contribution in [-0.2, 0) is 13.0 Å². The molecule has 1 aliphatic heterocycles. The first-order valence-electron chi connectivity index (χ1n) is 8.11. The number of carbonyl (C=O) groups excluding carboxylic acids is 1. The van der Waals surface area contributed by atoms with Gasteiger partial charge in [-0.3, -0.25) is 0 Å². The molecular formula is C17H23ClN2O2. The second-order valence-electron chi connectivity index (χ2n) is 6.34. The Kier molecular flexibility index (Phi) is 4.89. The zero-order chi connectivity index (χ0) is 15.5. The highest BCUT2D eigenvalue weighted by Gasteiger charge is 2.30. The van der Waals surface area contributed by atoms with Crippen molar-refractivity contribution >= 4 is 17.6 Å². The number of nitrogens with zero attached hydrogens (tertiary/aromatic N) is 1. The molecule has 2 amide bonds. The minimum absolute atomic E-state index is 0.0236. The molecule has 22 heavy (non-hydrogen) atoms. The molecule has 1 aliphatic carbocycles. The smallest absolute Gasteiger partial charge is 0.317 e. The van der Waals surface area contributed by atoms with Gasteiger partial charge >= 0.3 is 6.03 Å². The fourth-order valence-corrected chi connectivity index (χ4v) is 3.88. The van der Waals surface area contributed by atoms with Gasteiger partial charge < -0.3 is 15.3 Å². The lowest BCUT2D eigenvalue weighted by Crippen LogP contribution is -2.47. The van der Waals surface area contributed by atoms with E-state index in [0.717, 1.165) is 43.7 Å². The van der Waals surface area contributed by atoms with Gasteiger partial charge in [-0.2, -0.15) is 0 Å². The SMILES string of the molecule is O=C(N[C@@H]1CCC[C@@H]1CCO)N1CCc2cc(Cl)ccc2C1. The predicted molar refractivity (Wildman–Crippen MR) is 86.9 cm³/mol. The molecule has 4 nitrogen and oxygen atoms in total. The number of halogens is 1. The second kappa shape index (κ2) is 6.88. The van der Waals surface area contributed by atoms with E-state index >= 15 is 0 Å². The van der Waals surface area contributed by atoms with E-state index in [4.69, 9.17) is 16.7 Å². The summed E-state index contributed by atoms with van der Waals surface area (Å²) < 4.78 is 0. The summed E-state index contributed by atoms with van der Waals surface area (Å²) in [7, 11) is 0. The van der Waals surface area contributed by atoms with Crippen molar-refractivity contribution in [1.82, 2.24) is 10.2 Å². The number of benzene rings is 1. The zero-order valence-corrected chi connectivity index (χ0v) is 13.5. The van der Waals surface area contributed by atoms with Crippen LogP contribution in [0.25, 0.3) is 0 Å². The predicted octanol–water partition coefficient (Wildman–Crippen LogP) is 2.96. The molecule has 1 saturated carbocycles. The molecule has 1 heterocycles. The van der Waals surface area contributed by atoms with E-state index in [1.54, 1.807) is 0 Å². The number of nitrogens with one attached hydrogen (secondary N) is 1. The molecule has 1 aromatic rings. The van der Waals surface area contributed by atoms with Crippen molar-refractivity contribution in [1.29, 1.82) is 0 Å². The normalized spacial score (nSPS) is 24.2. The number of urea groups is 1. The van der Waals surface area contributed by atoms with Crippen molar-refractivity contribution < 1.29 is 9.90 Å². The maximum absolute atomic E-state index is 12.5. The van der Waals surface area contributed by atoms with Gasteiger partial charge in [0.15, 0.2) is 0 Å². The second-order valence-corrected chi connectivity index (χ2v) is 6.78. The van der Waals surface area contributed by atoms with Crippen molar-refractivity contribution in [2.75, 3.05) is 13.2 Å². The number of aliphatic hydroxyl groups excluding tert-OH is 1. The molecule has 0 bridgehead atoms. The minimum atomic E-state index is 0.0236. The van der Waals surface area contributed by atoms with Crippen LogP contribution in [0.4, 0.5) is 4.79 Å². The fourth-order valence-electron chi connectivity index (χ4n) is 3.68. The number of carbonyl (C=O) groups is 1. The number of hydrogen-bond donors (Lipinski definition) is 2. The van der Waals surface area contributed by atoms with E-state index in [2.05, 4.69) is 5.32 Å². The molecule has 5 heteroatoms. The van der Waals surface area contributed by atoms with E-state index in [1.165, 1.54) is 11.1 Å². The quantitative estimate of drug-likeness (QED) is 0.899. The Morgan fingerprint density at radius 3 is 3.05 bits per heavy atom. The first-order chi connectivity index (χ1) is 10.7. The largest absolute Gasteiger partial charge is 0.396 e. The van der Waals surface area contributed by atoms with E-state index in [9.17, 15) is 4.79 Å². The molecule has 0 aromatic heterocycles. The summed E-state index contributed by atoms with van der Waals surface area (Å²) in [6.45, 7) is 1.58. The highest BCUT2D eigenvalue weighted by molar-refractivity contribution is 6.30. The number of rotatable bonds is 3. The summed E-state index contributed by atoms with van der Waals surface area (Å²) in [6.07, 6.45) is 4.90.